The van der Waals surface area contributed by atoms with E-state index in [0.29, 0.717) is 23.9 Å². The summed E-state index contributed by atoms with van der Waals surface area (Å²) in [6.07, 6.45) is -0.584. The monoisotopic (exact) mass is 373 g/mol. The molecule has 0 amide bonds. The van der Waals surface area contributed by atoms with Gasteiger partial charge >= 0.3 is 0 Å². The number of aliphatic hydroxyl groups excluding tert-OH is 1. The van der Waals surface area contributed by atoms with Crippen molar-refractivity contribution in [3.05, 3.63) is 29.3 Å². The summed E-state index contributed by atoms with van der Waals surface area (Å²) in [6, 6.07) is 7.35. The molecule has 0 aliphatic rings. The van der Waals surface area contributed by atoms with Crippen molar-refractivity contribution in [1.29, 1.82) is 0 Å². The van der Waals surface area contributed by atoms with Crippen molar-refractivity contribution in [2.75, 3.05) is 19.8 Å². The Labute approximate surface area is 152 Å². The standard InChI is InChI=1S/C18H32ClNO3Si/c1-14(12-23-24(5,6)18(2,3)4)20-11-16(21)13-22-17-9-7-8-15(19)10-17/h7-10,14,16,20-21H,11-13H2,1-6H3/t14-,16?/m1/s1. The molecule has 1 unspecified atom stereocenters. The van der Waals surface area contributed by atoms with Crippen LogP contribution in [-0.2, 0) is 4.43 Å². The van der Waals surface area contributed by atoms with Crippen molar-refractivity contribution in [3.8, 4) is 5.75 Å². The first-order valence-corrected chi connectivity index (χ1v) is 11.7. The normalized spacial score (nSPS) is 15.2. The summed E-state index contributed by atoms with van der Waals surface area (Å²) in [4.78, 5) is 0. The van der Waals surface area contributed by atoms with E-state index >= 15 is 0 Å². The lowest BCUT2D eigenvalue weighted by atomic mass is 10.2. The molecule has 1 aromatic rings. The number of ether oxygens (including phenoxy) is 1. The quantitative estimate of drug-likeness (QED) is 0.640. The van der Waals surface area contributed by atoms with Crippen LogP contribution < -0.4 is 10.1 Å². The minimum Gasteiger partial charge on any atom is -0.491 e. The first kappa shape index (κ1) is 21.4. The largest absolute Gasteiger partial charge is 0.491 e. The zero-order valence-corrected chi connectivity index (χ0v) is 17.5. The second-order valence-corrected chi connectivity index (χ2v) is 13.0. The first-order valence-electron chi connectivity index (χ1n) is 8.45. The Hall–Kier alpha value is -0.593. The molecule has 0 saturated carbocycles. The van der Waals surface area contributed by atoms with Crippen LogP contribution in [0, 0.1) is 0 Å². The average Bonchev–Trinajstić information content (AvgIpc) is 2.48. The molecule has 1 aromatic carbocycles. The van der Waals surface area contributed by atoms with Gasteiger partial charge in [-0.3, -0.25) is 0 Å². The summed E-state index contributed by atoms with van der Waals surface area (Å²) < 4.78 is 11.7. The molecule has 2 atom stereocenters. The van der Waals surface area contributed by atoms with Crippen LogP contribution in [0.15, 0.2) is 24.3 Å². The molecule has 0 saturated heterocycles. The average molecular weight is 374 g/mol. The van der Waals surface area contributed by atoms with E-state index in [1.165, 1.54) is 0 Å². The Kier molecular flexibility index (Phi) is 8.22. The first-order chi connectivity index (χ1) is 11.0. The lowest BCUT2D eigenvalue weighted by Crippen LogP contribution is -2.45. The molecule has 0 aliphatic carbocycles. The smallest absolute Gasteiger partial charge is 0.192 e. The van der Waals surface area contributed by atoms with Crippen LogP contribution >= 0.6 is 11.6 Å². The van der Waals surface area contributed by atoms with Gasteiger partial charge in [-0.25, -0.2) is 0 Å². The molecule has 0 aliphatic heterocycles. The van der Waals surface area contributed by atoms with Crippen molar-refractivity contribution in [1.82, 2.24) is 5.32 Å². The highest BCUT2D eigenvalue weighted by Crippen LogP contribution is 2.36. The second-order valence-electron chi connectivity index (χ2n) is 7.80. The summed E-state index contributed by atoms with van der Waals surface area (Å²) in [5, 5.41) is 14.2. The van der Waals surface area contributed by atoms with Crippen LogP contribution in [-0.4, -0.2) is 45.3 Å². The molecular weight excluding hydrogens is 342 g/mol. The van der Waals surface area contributed by atoms with Gasteiger partial charge in [-0.1, -0.05) is 38.4 Å². The van der Waals surface area contributed by atoms with Crippen LogP contribution in [0.1, 0.15) is 27.7 Å². The molecule has 0 spiro atoms. The highest BCUT2D eigenvalue weighted by Gasteiger charge is 2.37. The predicted molar refractivity (Wildman–Crippen MR) is 104 cm³/mol. The van der Waals surface area contributed by atoms with Crippen molar-refractivity contribution in [2.45, 2.75) is 58.0 Å². The van der Waals surface area contributed by atoms with Gasteiger partial charge in [-0.15, -0.1) is 0 Å². The van der Waals surface area contributed by atoms with Crippen LogP contribution in [0.25, 0.3) is 0 Å². The highest BCUT2D eigenvalue weighted by atomic mass is 35.5. The summed E-state index contributed by atoms with van der Waals surface area (Å²) in [5.74, 6) is 0.663. The van der Waals surface area contributed by atoms with Gasteiger partial charge in [-0.05, 0) is 43.3 Å². The van der Waals surface area contributed by atoms with Crippen molar-refractivity contribution >= 4 is 19.9 Å². The molecule has 1 rings (SSSR count). The Bertz CT molecular complexity index is 505. The maximum absolute atomic E-state index is 10.0. The van der Waals surface area contributed by atoms with E-state index in [0.717, 1.165) is 0 Å². The van der Waals surface area contributed by atoms with Gasteiger partial charge in [0.1, 0.15) is 18.5 Å². The molecule has 0 radical (unpaired) electrons. The minimum absolute atomic E-state index is 0.181. The van der Waals surface area contributed by atoms with E-state index in [1.807, 2.05) is 12.1 Å². The van der Waals surface area contributed by atoms with E-state index in [4.69, 9.17) is 20.8 Å². The van der Waals surface area contributed by atoms with Gasteiger partial charge < -0.3 is 19.6 Å². The molecule has 138 valence electrons. The Morgan fingerprint density at radius 3 is 2.50 bits per heavy atom. The van der Waals surface area contributed by atoms with Gasteiger partial charge in [0.25, 0.3) is 0 Å². The molecule has 0 bridgehead atoms. The number of hydrogen-bond donors (Lipinski definition) is 2. The maximum Gasteiger partial charge on any atom is 0.192 e. The predicted octanol–water partition coefficient (Wildman–Crippen LogP) is 4.08. The number of halogens is 1. The Balaban J connectivity index is 2.27. The second kappa shape index (κ2) is 9.20. The lowest BCUT2D eigenvalue weighted by Gasteiger charge is -2.37. The fourth-order valence-electron chi connectivity index (χ4n) is 1.75. The summed E-state index contributed by atoms with van der Waals surface area (Å²) >= 11 is 5.90. The van der Waals surface area contributed by atoms with Crippen LogP contribution in [0.5, 0.6) is 5.75 Å². The number of hydrogen-bond acceptors (Lipinski definition) is 4. The Morgan fingerprint density at radius 1 is 1.25 bits per heavy atom. The lowest BCUT2D eigenvalue weighted by molar-refractivity contribution is 0.101. The van der Waals surface area contributed by atoms with E-state index in [-0.39, 0.29) is 17.7 Å². The molecule has 24 heavy (non-hydrogen) atoms. The SMILES string of the molecule is C[C@H](CO[Si](C)(C)C(C)(C)C)NCC(O)COc1cccc(Cl)c1. The summed E-state index contributed by atoms with van der Waals surface area (Å²) in [7, 11) is -1.73. The van der Waals surface area contributed by atoms with E-state index in [1.54, 1.807) is 12.1 Å². The molecule has 0 heterocycles. The number of nitrogens with one attached hydrogen (secondary N) is 1. The third-order valence-electron chi connectivity index (χ3n) is 4.44. The zero-order valence-electron chi connectivity index (χ0n) is 15.7. The third kappa shape index (κ3) is 7.53. The number of aliphatic hydroxyl groups is 1. The molecule has 0 aromatic heterocycles. The van der Waals surface area contributed by atoms with E-state index in [2.05, 4.69) is 46.1 Å². The fraction of sp³-hybridized carbons (Fsp3) is 0.667. The van der Waals surface area contributed by atoms with Gasteiger partial charge in [-0.2, -0.15) is 0 Å². The topological polar surface area (TPSA) is 50.7 Å². The van der Waals surface area contributed by atoms with Crippen LogP contribution in [0.2, 0.25) is 23.2 Å². The number of benzene rings is 1. The van der Waals surface area contributed by atoms with Crippen LogP contribution in [0.4, 0.5) is 0 Å². The minimum atomic E-state index is -1.73. The zero-order chi connectivity index (χ0) is 18.4. The summed E-state index contributed by atoms with van der Waals surface area (Å²) in [6.45, 7) is 14.6. The molecule has 0 fully saturated rings. The highest BCUT2D eigenvalue weighted by molar-refractivity contribution is 6.74. The van der Waals surface area contributed by atoms with Gasteiger partial charge in [0.15, 0.2) is 8.32 Å². The van der Waals surface area contributed by atoms with E-state index in [9.17, 15) is 5.11 Å². The molecular formula is C18H32ClNO3Si. The van der Waals surface area contributed by atoms with Gasteiger partial charge in [0, 0.05) is 24.2 Å². The number of rotatable bonds is 9. The third-order valence-corrected chi connectivity index (χ3v) is 9.18. The molecule has 2 N–H and O–H groups in total. The summed E-state index contributed by atoms with van der Waals surface area (Å²) in [5.41, 5.74) is 0. The van der Waals surface area contributed by atoms with Crippen molar-refractivity contribution in [2.24, 2.45) is 0 Å². The van der Waals surface area contributed by atoms with Crippen molar-refractivity contribution < 1.29 is 14.3 Å². The Morgan fingerprint density at radius 2 is 1.92 bits per heavy atom. The van der Waals surface area contributed by atoms with Crippen LogP contribution in [0.3, 0.4) is 0 Å². The molecule has 4 nitrogen and oxygen atoms in total. The van der Waals surface area contributed by atoms with Gasteiger partial charge in [0.05, 0.1) is 0 Å². The maximum atomic E-state index is 10.0. The van der Waals surface area contributed by atoms with Crippen molar-refractivity contribution in [3.63, 3.8) is 0 Å². The van der Waals surface area contributed by atoms with E-state index < -0.39 is 14.4 Å². The molecule has 6 heteroatoms. The van der Waals surface area contributed by atoms with Gasteiger partial charge in [0.2, 0.25) is 0 Å². The fourth-order valence-corrected chi connectivity index (χ4v) is 3.03.